The maximum absolute atomic E-state index is 13.0. The van der Waals surface area contributed by atoms with E-state index in [2.05, 4.69) is 17.1 Å². The summed E-state index contributed by atoms with van der Waals surface area (Å²) in [6.07, 6.45) is 0.0382. The molecule has 1 atom stereocenters. The van der Waals surface area contributed by atoms with Crippen LogP contribution in [0.1, 0.15) is 31.8 Å². The van der Waals surface area contributed by atoms with E-state index in [-0.39, 0.29) is 5.56 Å². The van der Waals surface area contributed by atoms with Gasteiger partial charge in [-0.05, 0) is 50.0 Å². The molecule has 0 saturated carbocycles. The monoisotopic (exact) mass is 283 g/mol. The maximum atomic E-state index is 13.0. The number of halogens is 2. The van der Waals surface area contributed by atoms with Gasteiger partial charge >= 0.3 is 0 Å². The second kappa shape index (κ2) is 6.88. The number of rotatable bonds is 6. The lowest BCUT2D eigenvalue weighted by Gasteiger charge is -2.21. The van der Waals surface area contributed by atoms with Crippen LogP contribution in [0.3, 0.4) is 0 Å². The lowest BCUT2D eigenvalue weighted by molar-refractivity contribution is 0.152. The normalized spacial score (nSPS) is 17.6. The number of nitrogens with two attached hydrogens (primary N) is 1. The number of nitrogens with zero attached hydrogens (tertiary/aromatic N) is 1. The van der Waals surface area contributed by atoms with Crippen molar-refractivity contribution < 1.29 is 8.78 Å². The van der Waals surface area contributed by atoms with Crippen LogP contribution in [0.2, 0.25) is 0 Å². The fraction of sp³-hybridized carbons (Fsp3) is 0.600. The minimum Gasteiger partial charge on any atom is -0.399 e. The van der Waals surface area contributed by atoms with Crippen LogP contribution in [-0.4, -0.2) is 31.1 Å². The van der Waals surface area contributed by atoms with Crippen LogP contribution >= 0.6 is 0 Å². The van der Waals surface area contributed by atoms with E-state index < -0.39 is 6.43 Å². The van der Waals surface area contributed by atoms with Crippen molar-refractivity contribution in [3.8, 4) is 0 Å². The van der Waals surface area contributed by atoms with Gasteiger partial charge in [-0.3, -0.25) is 0 Å². The number of hydrogen-bond acceptors (Lipinski definition) is 3. The highest BCUT2D eigenvalue weighted by atomic mass is 19.3. The van der Waals surface area contributed by atoms with Crippen molar-refractivity contribution in [2.75, 3.05) is 37.2 Å². The average Bonchev–Trinajstić information content (AvgIpc) is 2.90. The molecule has 1 saturated heterocycles. The number of likely N-dealkylation sites (tertiary alicyclic amines) is 1. The van der Waals surface area contributed by atoms with Crippen LogP contribution in [-0.2, 0) is 0 Å². The first-order valence-electron chi connectivity index (χ1n) is 7.20. The molecule has 112 valence electrons. The van der Waals surface area contributed by atoms with Gasteiger partial charge in [0.05, 0.1) is 0 Å². The fourth-order valence-corrected chi connectivity index (χ4v) is 2.68. The van der Waals surface area contributed by atoms with Crippen LogP contribution in [0.25, 0.3) is 0 Å². The second-order valence-electron chi connectivity index (χ2n) is 5.64. The summed E-state index contributed by atoms with van der Waals surface area (Å²) in [6, 6.07) is 4.64. The van der Waals surface area contributed by atoms with Gasteiger partial charge in [-0.25, -0.2) is 8.78 Å². The minimum absolute atomic E-state index is 0.0154. The molecule has 1 aliphatic heterocycles. The SMILES string of the molecule is CC(CNc1ccc(N)cc1C(F)F)CN1CCCC1. The van der Waals surface area contributed by atoms with E-state index in [4.69, 9.17) is 5.73 Å². The quantitative estimate of drug-likeness (QED) is 0.787. The summed E-state index contributed by atoms with van der Waals surface area (Å²) < 4.78 is 25.9. The largest absolute Gasteiger partial charge is 0.399 e. The Kier molecular flexibility index (Phi) is 5.17. The van der Waals surface area contributed by atoms with E-state index in [0.717, 1.165) is 19.6 Å². The molecule has 1 unspecified atom stereocenters. The predicted octanol–water partition coefficient (Wildman–Crippen LogP) is 3.35. The summed E-state index contributed by atoms with van der Waals surface area (Å²) in [5.41, 5.74) is 6.41. The Morgan fingerprint density at radius 2 is 2.00 bits per heavy atom. The van der Waals surface area contributed by atoms with Crippen LogP contribution in [0, 0.1) is 5.92 Å². The molecule has 0 radical (unpaired) electrons. The summed E-state index contributed by atoms with van der Waals surface area (Å²) >= 11 is 0. The van der Waals surface area contributed by atoms with Gasteiger partial charge in [-0.2, -0.15) is 0 Å². The number of nitrogens with one attached hydrogen (secondary N) is 1. The van der Waals surface area contributed by atoms with Gasteiger partial charge in [0, 0.05) is 30.0 Å². The van der Waals surface area contributed by atoms with Gasteiger partial charge in [0.1, 0.15) is 0 Å². The van der Waals surface area contributed by atoms with Crippen molar-refractivity contribution in [2.45, 2.75) is 26.2 Å². The van der Waals surface area contributed by atoms with Crippen LogP contribution in [0.15, 0.2) is 18.2 Å². The molecule has 1 aromatic carbocycles. The van der Waals surface area contributed by atoms with Gasteiger partial charge in [0.2, 0.25) is 0 Å². The van der Waals surface area contributed by atoms with E-state index in [0.29, 0.717) is 23.8 Å². The van der Waals surface area contributed by atoms with Gasteiger partial charge in [0.25, 0.3) is 6.43 Å². The third kappa shape index (κ3) is 4.07. The summed E-state index contributed by atoms with van der Waals surface area (Å²) in [4.78, 5) is 2.43. The van der Waals surface area contributed by atoms with Crippen molar-refractivity contribution in [1.82, 2.24) is 4.90 Å². The molecule has 20 heavy (non-hydrogen) atoms. The Morgan fingerprint density at radius 3 is 2.65 bits per heavy atom. The first kappa shape index (κ1) is 15.0. The molecule has 1 aromatic rings. The Hall–Kier alpha value is -1.36. The lowest BCUT2D eigenvalue weighted by Crippen LogP contribution is -2.29. The number of hydrogen-bond donors (Lipinski definition) is 2. The first-order valence-corrected chi connectivity index (χ1v) is 7.20. The van der Waals surface area contributed by atoms with E-state index >= 15 is 0 Å². The summed E-state index contributed by atoms with van der Waals surface area (Å²) in [7, 11) is 0. The molecular formula is C15H23F2N3. The predicted molar refractivity (Wildman–Crippen MR) is 79.1 cm³/mol. The molecule has 0 aliphatic carbocycles. The Labute approximate surface area is 119 Å². The number of anilines is 2. The average molecular weight is 283 g/mol. The van der Waals surface area contributed by atoms with Crippen molar-refractivity contribution in [3.63, 3.8) is 0 Å². The lowest BCUT2D eigenvalue weighted by atomic mass is 10.1. The van der Waals surface area contributed by atoms with Crippen LogP contribution < -0.4 is 11.1 Å². The second-order valence-corrected chi connectivity index (χ2v) is 5.64. The zero-order valence-corrected chi connectivity index (χ0v) is 11.9. The van der Waals surface area contributed by atoms with Crippen molar-refractivity contribution >= 4 is 11.4 Å². The molecule has 0 aromatic heterocycles. The van der Waals surface area contributed by atoms with Crippen molar-refractivity contribution in [2.24, 2.45) is 5.92 Å². The Morgan fingerprint density at radius 1 is 1.30 bits per heavy atom. The molecule has 3 nitrogen and oxygen atoms in total. The van der Waals surface area contributed by atoms with E-state index in [1.54, 1.807) is 12.1 Å². The molecule has 0 spiro atoms. The standard InChI is InChI=1S/C15H23F2N3/c1-11(10-20-6-2-3-7-20)9-19-14-5-4-12(18)8-13(14)15(16)17/h4-5,8,11,15,19H,2-3,6-7,9-10,18H2,1H3. The topological polar surface area (TPSA) is 41.3 Å². The molecule has 3 N–H and O–H groups in total. The van der Waals surface area contributed by atoms with Gasteiger partial charge in [0.15, 0.2) is 0 Å². The zero-order valence-electron chi connectivity index (χ0n) is 11.9. The van der Waals surface area contributed by atoms with Gasteiger partial charge in [-0.1, -0.05) is 6.92 Å². The molecule has 1 aliphatic rings. The van der Waals surface area contributed by atoms with Crippen LogP contribution in [0.5, 0.6) is 0 Å². The zero-order chi connectivity index (χ0) is 14.5. The molecule has 0 amide bonds. The van der Waals surface area contributed by atoms with E-state index in [9.17, 15) is 8.78 Å². The summed E-state index contributed by atoms with van der Waals surface area (Å²) in [5, 5.41) is 3.13. The minimum atomic E-state index is -2.50. The molecule has 1 heterocycles. The van der Waals surface area contributed by atoms with Crippen molar-refractivity contribution in [3.05, 3.63) is 23.8 Å². The molecular weight excluding hydrogens is 260 g/mol. The highest BCUT2D eigenvalue weighted by Crippen LogP contribution is 2.29. The first-order chi connectivity index (χ1) is 9.56. The van der Waals surface area contributed by atoms with Gasteiger partial charge < -0.3 is 16.0 Å². The highest BCUT2D eigenvalue weighted by Gasteiger charge is 2.16. The smallest absolute Gasteiger partial charge is 0.265 e. The van der Waals surface area contributed by atoms with E-state index in [1.165, 1.54) is 18.9 Å². The summed E-state index contributed by atoms with van der Waals surface area (Å²) in [6.45, 7) is 6.18. The van der Waals surface area contributed by atoms with E-state index in [1.807, 2.05) is 0 Å². The van der Waals surface area contributed by atoms with Crippen molar-refractivity contribution in [1.29, 1.82) is 0 Å². The third-order valence-electron chi connectivity index (χ3n) is 3.72. The fourth-order valence-electron chi connectivity index (χ4n) is 2.68. The summed E-state index contributed by atoms with van der Waals surface area (Å²) in [5.74, 6) is 0.427. The highest BCUT2D eigenvalue weighted by molar-refractivity contribution is 5.58. The molecule has 0 bridgehead atoms. The third-order valence-corrected chi connectivity index (χ3v) is 3.72. The van der Waals surface area contributed by atoms with Gasteiger partial charge in [-0.15, -0.1) is 0 Å². The Bertz CT molecular complexity index is 431. The Balaban J connectivity index is 1.89. The number of alkyl halides is 2. The molecule has 5 heteroatoms. The molecule has 2 rings (SSSR count). The van der Waals surface area contributed by atoms with Crippen LogP contribution in [0.4, 0.5) is 20.2 Å². The number of nitrogen functional groups attached to an aromatic ring is 1. The number of benzene rings is 1. The molecule has 1 fully saturated rings. The maximum Gasteiger partial charge on any atom is 0.265 e.